The first-order valence-electron chi connectivity index (χ1n) is 14.5. The SMILES string of the molecule is CCNC(=O)[C@H](Cc1ccccc1)N(Cc1ccc(C)cc1)C(=O)CN(c1ccc(C)cc1)S(=O)(=O)c1ccc(OC)cc1. The predicted molar refractivity (Wildman–Crippen MR) is 173 cm³/mol. The zero-order valence-corrected chi connectivity index (χ0v) is 26.4. The second-order valence-electron chi connectivity index (χ2n) is 10.6. The van der Waals surface area contributed by atoms with Gasteiger partial charge in [-0.05, 0) is 68.3 Å². The number of aryl methyl sites for hydroxylation is 2. The second-order valence-corrected chi connectivity index (χ2v) is 12.5. The van der Waals surface area contributed by atoms with Crippen LogP contribution < -0.4 is 14.4 Å². The fourth-order valence-corrected chi connectivity index (χ4v) is 6.27. The van der Waals surface area contributed by atoms with Gasteiger partial charge in [0.15, 0.2) is 0 Å². The molecule has 4 aromatic carbocycles. The van der Waals surface area contributed by atoms with Gasteiger partial charge in [-0.2, -0.15) is 0 Å². The van der Waals surface area contributed by atoms with Gasteiger partial charge in [0, 0.05) is 19.5 Å². The van der Waals surface area contributed by atoms with Crippen LogP contribution in [0.5, 0.6) is 5.75 Å². The highest BCUT2D eigenvalue weighted by atomic mass is 32.2. The van der Waals surface area contributed by atoms with Crippen molar-refractivity contribution in [2.24, 2.45) is 0 Å². The molecule has 2 amide bonds. The van der Waals surface area contributed by atoms with Crippen molar-refractivity contribution >= 4 is 27.5 Å². The summed E-state index contributed by atoms with van der Waals surface area (Å²) >= 11 is 0. The van der Waals surface area contributed by atoms with Crippen LogP contribution in [0.1, 0.15) is 29.2 Å². The summed E-state index contributed by atoms with van der Waals surface area (Å²) in [5, 5.41) is 2.88. The third-order valence-corrected chi connectivity index (χ3v) is 9.13. The number of amides is 2. The molecule has 9 heteroatoms. The number of nitrogens with zero attached hydrogens (tertiary/aromatic N) is 2. The molecule has 0 saturated heterocycles. The Hall–Kier alpha value is -4.63. The minimum atomic E-state index is -4.18. The van der Waals surface area contributed by atoms with Gasteiger partial charge in [0.25, 0.3) is 10.0 Å². The van der Waals surface area contributed by atoms with E-state index in [1.807, 2.05) is 75.4 Å². The summed E-state index contributed by atoms with van der Waals surface area (Å²) in [5.41, 5.74) is 4.06. The summed E-state index contributed by atoms with van der Waals surface area (Å²) in [4.78, 5) is 29.5. The number of likely N-dealkylation sites (N-methyl/N-ethyl adjacent to an activating group) is 1. The standard InChI is InChI=1S/C35H39N3O5S/c1-5-36-35(40)33(23-28-9-7-6-8-10-28)37(24-29-15-11-26(2)12-16-29)34(39)25-38(30-17-13-27(3)14-18-30)44(41,42)32-21-19-31(43-4)20-22-32/h6-22,33H,5,23-25H2,1-4H3,(H,36,40)/t33-/m0/s1. The first kappa shape index (κ1) is 32.3. The van der Waals surface area contributed by atoms with Gasteiger partial charge in [0.1, 0.15) is 18.3 Å². The number of benzene rings is 4. The molecule has 0 spiro atoms. The minimum absolute atomic E-state index is 0.0151. The molecule has 0 bridgehead atoms. The monoisotopic (exact) mass is 613 g/mol. The van der Waals surface area contributed by atoms with Crippen LogP contribution in [0, 0.1) is 13.8 Å². The zero-order chi connectivity index (χ0) is 31.7. The highest BCUT2D eigenvalue weighted by Crippen LogP contribution is 2.27. The summed E-state index contributed by atoms with van der Waals surface area (Å²) in [7, 11) is -2.68. The third kappa shape index (κ3) is 8.05. The molecule has 0 heterocycles. The van der Waals surface area contributed by atoms with Crippen LogP contribution in [-0.2, 0) is 32.6 Å². The van der Waals surface area contributed by atoms with Gasteiger partial charge >= 0.3 is 0 Å². The Kier molecular flexibility index (Phi) is 10.8. The quantitative estimate of drug-likeness (QED) is 0.221. The van der Waals surface area contributed by atoms with E-state index in [4.69, 9.17) is 4.74 Å². The maximum Gasteiger partial charge on any atom is 0.264 e. The Labute approximate surface area is 260 Å². The third-order valence-electron chi connectivity index (χ3n) is 7.34. The van der Waals surface area contributed by atoms with Gasteiger partial charge in [0.2, 0.25) is 11.8 Å². The first-order valence-corrected chi connectivity index (χ1v) is 16.0. The van der Waals surface area contributed by atoms with E-state index < -0.39 is 28.5 Å². The molecule has 0 aliphatic rings. The van der Waals surface area contributed by atoms with Crippen molar-refractivity contribution in [1.82, 2.24) is 10.2 Å². The molecule has 44 heavy (non-hydrogen) atoms. The Morgan fingerprint density at radius 1 is 0.795 bits per heavy atom. The van der Waals surface area contributed by atoms with Gasteiger partial charge in [-0.25, -0.2) is 8.42 Å². The Balaban J connectivity index is 1.78. The molecule has 4 rings (SSSR count). The second kappa shape index (κ2) is 14.7. The molecule has 230 valence electrons. The van der Waals surface area contributed by atoms with Crippen LogP contribution in [0.15, 0.2) is 108 Å². The van der Waals surface area contributed by atoms with Crippen molar-refractivity contribution < 1.29 is 22.7 Å². The maximum atomic E-state index is 14.4. The number of nitrogens with one attached hydrogen (secondary N) is 1. The van der Waals surface area contributed by atoms with E-state index in [0.29, 0.717) is 18.0 Å². The Morgan fingerprint density at radius 3 is 1.95 bits per heavy atom. The van der Waals surface area contributed by atoms with E-state index in [1.165, 1.54) is 24.1 Å². The highest BCUT2D eigenvalue weighted by Gasteiger charge is 2.34. The molecule has 0 aliphatic carbocycles. The van der Waals surface area contributed by atoms with Crippen LogP contribution in [0.25, 0.3) is 0 Å². The summed E-state index contributed by atoms with van der Waals surface area (Å²) in [6.45, 7) is 5.71. The van der Waals surface area contributed by atoms with Crippen LogP contribution >= 0.6 is 0 Å². The number of sulfonamides is 1. The number of anilines is 1. The summed E-state index contributed by atoms with van der Waals surface area (Å²) in [6, 6.07) is 29.3. The number of carbonyl (C=O) groups is 2. The average molecular weight is 614 g/mol. The van der Waals surface area contributed by atoms with E-state index >= 15 is 0 Å². The Bertz CT molecular complexity index is 1640. The van der Waals surface area contributed by atoms with Gasteiger partial charge in [-0.1, -0.05) is 77.9 Å². The predicted octanol–water partition coefficient (Wildman–Crippen LogP) is 5.28. The van der Waals surface area contributed by atoms with Crippen LogP contribution in [0.4, 0.5) is 5.69 Å². The lowest BCUT2D eigenvalue weighted by molar-refractivity contribution is -0.140. The van der Waals surface area contributed by atoms with Crippen LogP contribution in [0.3, 0.4) is 0 Å². The van der Waals surface area contributed by atoms with Crippen molar-refractivity contribution in [3.8, 4) is 5.75 Å². The molecule has 0 radical (unpaired) electrons. The van der Waals surface area contributed by atoms with Gasteiger partial charge in [-0.15, -0.1) is 0 Å². The largest absolute Gasteiger partial charge is 0.497 e. The van der Waals surface area contributed by atoms with Crippen LogP contribution in [-0.4, -0.2) is 51.4 Å². The summed E-state index contributed by atoms with van der Waals surface area (Å²) < 4.78 is 34.5. The fraction of sp³-hybridized carbons (Fsp3) is 0.257. The first-order chi connectivity index (χ1) is 21.1. The summed E-state index contributed by atoms with van der Waals surface area (Å²) in [5.74, 6) is -0.302. The molecule has 0 aliphatic heterocycles. The minimum Gasteiger partial charge on any atom is -0.497 e. The van der Waals surface area contributed by atoms with Crippen LogP contribution in [0.2, 0.25) is 0 Å². The molecule has 1 atom stereocenters. The average Bonchev–Trinajstić information content (AvgIpc) is 3.03. The molecule has 0 unspecified atom stereocenters. The molecule has 0 saturated carbocycles. The maximum absolute atomic E-state index is 14.4. The van der Waals surface area contributed by atoms with Crippen molar-refractivity contribution in [3.05, 3.63) is 125 Å². The number of methoxy groups -OCH3 is 1. The Morgan fingerprint density at radius 2 is 1.39 bits per heavy atom. The lowest BCUT2D eigenvalue weighted by atomic mass is 10.0. The van der Waals surface area contributed by atoms with Crippen molar-refractivity contribution in [3.63, 3.8) is 0 Å². The van der Waals surface area contributed by atoms with E-state index in [-0.39, 0.29) is 23.8 Å². The van der Waals surface area contributed by atoms with Gasteiger partial charge < -0.3 is 15.0 Å². The molecule has 0 fully saturated rings. The van der Waals surface area contributed by atoms with Gasteiger partial charge in [0.05, 0.1) is 17.7 Å². The fourth-order valence-electron chi connectivity index (χ4n) is 4.85. The molecule has 1 N–H and O–H groups in total. The smallest absolute Gasteiger partial charge is 0.264 e. The number of carbonyl (C=O) groups excluding carboxylic acids is 2. The number of hydrogen-bond acceptors (Lipinski definition) is 5. The number of hydrogen-bond donors (Lipinski definition) is 1. The summed E-state index contributed by atoms with van der Waals surface area (Å²) in [6.07, 6.45) is 0.264. The number of rotatable bonds is 13. The molecular weight excluding hydrogens is 574 g/mol. The molecule has 8 nitrogen and oxygen atoms in total. The lowest BCUT2D eigenvalue weighted by Crippen LogP contribution is -2.53. The zero-order valence-electron chi connectivity index (χ0n) is 25.6. The van der Waals surface area contributed by atoms with Crippen molar-refractivity contribution in [2.45, 2.75) is 44.7 Å². The normalized spacial score (nSPS) is 11.8. The lowest BCUT2D eigenvalue weighted by Gasteiger charge is -2.34. The van der Waals surface area contributed by atoms with Crippen molar-refractivity contribution in [1.29, 1.82) is 0 Å². The van der Waals surface area contributed by atoms with Gasteiger partial charge in [-0.3, -0.25) is 13.9 Å². The molecule has 0 aromatic heterocycles. The van der Waals surface area contributed by atoms with Crippen molar-refractivity contribution in [2.75, 3.05) is 24.5 Å². The topological polar surface area (TPSA) is 96.0 Å². The number of ether oxygens (including phenoxy) is 1. The van der Waals surface area contributed by atoms with E-state index in [9.17, 15) is 18.0 Å². The van der Waals surface area contributed by atoms with E-state index in [0.717, 1.165) is 26.6 Å². The molecular formula is C35H39N3O5S. The van der Waals surface area contributed by atoms with E-state index in [1.54, 1.807) is 36.4 Å². The van der Waals surface area contributed by atoms with E-state index in [2.05, 4.69) is 5.32 Å². The molecule has 4 aromatic rings. The highest BCUT2D eigenvalue weighted by molar-refractivity contribution is 7.92.